The van der Waals surface area contributed by atoms with E-state index < -0.39 is 10.1 Å². The molecule has 1 unspecified atom stereocenters. The minimum Gasteiger partial charge on any atom is -0.254 e. The molecule has 0 aliphatic carbocycles. The van der Waals surface area contributed by atoms with E-state index in [2.05, 4.69) is 10.5 Å². The molecule has 0 saturated carbocycles. The average molecular weight is 154 g/mol. The zero-order valence-corrected chi connectivity index (χ0v) is 6.17. The Morgan fingerprint density at radius 3 is 2.38 bits per heavy atom. The fourth-order valence-electron chi connectivity index (χ4n) is 0.184. The number of hydrogen-bond acceptors (Lipinski definition) is 3. The summed E-state index contributed by atoms with van der Waals surface area (Å²) in [6.07, 6.45) is 1.26. The lowest BCUT2D eigenvalue weighted by Crippen LogP contribution is -2.01. The van der Waals surface area contributed by atoms with Gasteiger partial charge in [-0.3, -0.25) is 3.97 Å². The molecule has 0 amide bonds. The zero-order valence-electron chi connectivity index (χ0n) is 4.20. The van der Waals surface area contributed by atoms with E-state index in [4.69, 9.17) is 0 Å². The van der Waals surface area contributed by atoms with Crippen LogP contribution in [0, 0.1) is 0 Å². The first kappa shape index (κ1) is 8.08. The molecule has 48 valence electrons. The third-order valence-corrected chi connectivity index (χ3v) is 2.29. The monoisotopic (exact) mass is 154 g/mol. The Balaban J connectivity index is 3.94. The number of rotatable bonds is 3. The number of hydrogen-bond donors (Lipinski definition) is 0. The maximum Gasteiger partial charge on any atom is 0.273 e. The lowest BCUT2D eigenvalue weighted by atomic mass is 10.8. The lowest BCUT2D eigenvalue weighted by molar-refractivity contribution is 0.521. The Bertz CT molecular complexity index is 159. The molecule has 1 atom stereocenters. The van der Waals surface area contributed by atoms with Crippen molar-refractivity contribution in [1.82, 2.24) is 0 Å². The summed E-state index contributed by atoms with van der Waals surface area (Å²) in [6.45, 7) is 3.23. The second-order valence-electron chi connectivity index (χ2n) is 1.11. The van der Waals surface area contributed by atoms with Crippen LogP contribution in [0.25, 0.3) is 0 Å². The van der Waals surface area contributed by atoms with Gasteiger partial charge in [0.2, 0.25) is 0 Å². The molecular weight excluding hydrogens is 147 g/mol. The van der Waals surface area contributed by atoms with Crippen LogP contribution >= 0.6 is 9.47 Å². The van der Waals surface area contributed by atoms with Crippen molar-refractivity contribution in [2.45, 2.75) is 0 Å². The molecule has 0 aromatic heterocycles. The first-order valence-corrected chi connectivity index (χ1v) is 3.89. The van der Waals surface area contributed by atoms with Crippen molar-refractivity contribution in [3.05, 3.63) is 12.7 Å². The average Bonchev–Trinajstić information content (AvgIpc) is 1.67. The van der Waals surface area contributed by atoms with Gasteiger partial charge in [0.05, 0.1) is 5.75 Å². The largest absolute Gasteiger partial charge is 0.273 e. The van der Waals surface area contributed by atoms with Gasteiger partial charge in [-0.2, -0.15) is 8.42 Å². The van der Waals surface area contributed by atoms with Crippen LogP contribution in [0.2, 0.25) is 0 Å². The zero-order chi connectivity index (χ0) is 6.62. The van der Waals surface area contributed by atoms with E-state index >= 15 is 0 Å². The minimum atomic E-state index is -3.32. The van der Waals surface area contributed by atoms with Crippen LogP contribution < -0.4 is 0 Å². The fourth-order valence-corrected chi connectivity index (χ4v) is 0.787. The van der Waals surface area contributed by atoms with Gasteiger partial charge in [0.1, 0.15) is 0 Å². The molecule has 0 heterocycles. The molecule has 0 saturated heterocycles. The van der Waals surface area contributed by atoms with Crippen molar-refractivity contribution in [3.8, 4) is 0 Å². The predicted molar refractivity (Wildman–Crippen MR) is 34.8 cm³/mol. The maximum atomic E-state index is 10.3. The summed E-state index contributed by atoms with van der Waals surface area (Å²) in [4.78, 5) is 0. The van der Waals surface area contributed by atoms with E-state index in [1.807, 2.05) is 0 Å². The highest BCUT2D eigenvalue weighted by Gasteiger charge is 2.02. The van der Waals surface area contributed by atoms with Gasteiger partial charge < -0.3 is 0 Å². The summed E-state index contributed by atoms with van der Waals surface area (Å²) in [6, 6.07) is 0. The third kappa shape index (κ3) is 3.13. The second kappa shape index (κ2) is 3.17. The van der Waals surface area contributed by atoms with E-state index in [9.17, 15) is 8.42 Å². The van der Waals surface area contributed by atoms with Crippen LogP contribution in [0.1, 0.15) is 0 Å². The molecule has 0 aliphatic rings. The van der Waals surface area contributed by atoms with E-state index in [1.54, 1.807) is 9.47 Å². The van der Waals surface area contributed by atoms with Gasteiger partial charge in [-0.1, -0.05) is 6.08 Å². The molecule has 8 heavy (non-hydrogen) atoms. The van der Waals surface area contributed by atoms with Gasteiger partial charge >= 0.3 is 0 Å². The molecule has 0 fully saturated rings. The van der Waals surface area contributed by atoms with Crippen molar-refractivity contribution >= 4 is 19.6 Å². The van der Waals surface area contributed by atoms with Crippen molar-refractivity contribution < 1.29 is 12.4 Å². The van der Waals surface area contributed by atoms with Crippen LogP contribution in [0.3, 0.4) is 0 Å². The first-order chi connectivity index (χ1) is 3.62. The van der Waals surface area contributed by atoms with Crippen LogP contribution in [-0.2, 0) is 14.1 Å². The fraction of sp³-hybridized carbons (Fsp3) is 0.333. The molecule has 0 bridgehead atoms. The van der Waals surface area contributed by atoms with Crippen molar-refractivity contribution in [2.24, 2.45) is 0 Å². The van der Waals surface area contributed by atoms with Gasteiger partial charge in [0, 0.05) is 9.47 Å². The molecule has 0 spiro atoms. The van der Waals surface area contributed by atoms with Crippen LogP contribution in [0.15, 0.2) is 12.7 Å². The molecule has 0 aliphatic heterocycles. The van der Waals surface area contributed by atoms with Gasteiger partial charge in [-0.15, -0.1) is 6.58 Å². The molecule has 0 aromatic carbocycles. The molecule has 0 radical (unpaired) electrons. The smallest absolute Gasteiger partial charge is 0.254 e. The second-order valence-corrected chi connectivity index (χ2v) is 3.33. The predicted octanol–water partition coefficient (Wildman–Crippen LogP) is 0.309. The molecule has 3 nitrogen and oxygen atoms in total. The summed E-state index contributed by atoms with van der Waals surface area (Å²) in [7, 11) is -1.66. The van der Waals surface area contributed by atoms with E-state index in [0.717, 1.165) is 0 Å². The minimum absolute atomic E-state index is 0.142. The van der Waals surface area contributed by atoms with Crippen molar-refractivity contribution in [3.63, 3.8) is 0 Å². The van der Waals surface area contributed by atoms with Gasteiger partial charge in [-0.05, 0) is 0 Å². The van der Waals surface area contributed by atoms with Crippen molar-refractivity contribution in [1.29, 1.82) is 0 Å². The summed E-state index contributed by atoms with van der Waals surface area (Å²) in [5, 5.41) is 0. The summed E-state index contributed by atoms with van der Waals surface area (Å²) >= 11 is 0. The van der Waals surface area contributed by atoms with Crippen LogP contribution in [-0.4, -0.2) is 14.2 Å². The van der Waals surface area contributed by atoms with E-state index in [1.165, 1.54) is 6.08 Å². The Hall–Kier alpha value is 0.0800. The SMILES string of the molecule is C=CCS(=O)(=O)OP. The topological polar surface area (TPSA) is 43.4 Å². The van der Waals surface area contributed by atoms with Gasteiger partial charge in [-0.25, -0.2) is 0 Å². The Labute approximate surface area is 51.1 Å². The van der Waals surface area contributed by atoms with Crippen molar-refractivity contribution in [2.75, 3.05) is 5.75 Å². The van der Waals surface area contributed by atoms with E-state index in [-0.39, 0.29) is 5.75 Å². The highest BCUT2D eigenvalue weighted by Crippen LogP contribution is 1.97. The molecular formula is C3H7O3PS. The molecule has 0 N–H and O–H groups in total. The quantitative estimate of drug-likeness (QED) is 0.434. The standard InChI is InChI=1S/C3H7O3PS/c1-2-3-8(4,5)6-7/h2H,1,3,7H2. The van der Waals surface area contributed by atoms with Gasteiger partial charge in [0.15, 0.2) is 0 Å². The summed E-state index contributed by atoms with van der Waals surface area (Å²) in [5.74, 6) is -0.142. The Morgan fingerprint density at radius 1 is 1.75 bits per heavy atom. The van der Waals surface area contributed by atoms with Gasteiger partial charge in [0.25, 0.3) is 10.1 Å². The molecule has 0 rings (SSSR count). The Kier molecular flexibility index (Phi) is 3.21. The third-order valence-electron chi connectivity index (χ3n) is 0.469. The van der Waals surface area contributed by atoms with Crippen LogP contribution in [0.4, 0.5) is 0 Å². The Morgan fingerprint density at radius 2 is 2.25 bits per heavy atom. The molecule has 0 aromatic rings. The summed E-state index contributed by atoms with van der Waals surface area (Å²) < 4.78 is 24.6. The highest BCUT2D eigenvalue weighted by molar-refractivity contribution is 7.88. The highest BCUT2D eigenvalue weighted by atomic mass is 32.2. The summed E-state index contributed by atoms with van der Waals surface area (Å²) in [5.41, 5.74) is 0. The lowest BCUT2D eigenvalue weighted by Gasteiger charge is -1.91. The first-order valence-electron chi connectivity index (χ1n) is 1.84. The molecule has 5 heteroatoms. The van der Waals surface area contributed by atoms with Crippen LogP contribution in [0.5, 0.6) is 0 Å². The van der Waals surface area contributed by atoms with E-state index in [0.29, 0.717) is 0 Å². The maximum absolute atomic E-state index is 10.3. The normalized spacial score (nSPS) is 11.1.